The summed E-state index contributed by atoms with van der Waals surface area (Å²) in [6, 6.07) is 9.76. The van der Waals surface area contributed by atoms with E-state index in [2.05, 4.69) is 18.7 Å². The summed E-state index contributed by atoms with van der Waals surface area (Å²) >= 11 is 0. The molecule has 0 bridgehead atoms. The van der Waals surface area contributed by atoms with Gasteiger partial charge in [0.25, 0.3) is 0 Å². The molecule has 1 aromatic carbocycles. The van der Waals surface area contributed by atoms with Crippen LogP contribution >= 0.6 is 0 Å². The Morgan fingerprint density at radius 2 is 1.72 bits per heavy atom. The molecule has 1 heterocycles. The summed E-state index contributed by atoms with van der Waals surface area (Å²) in [5, 5.41) is 11.8. The van der Waals surface area contributed by atoms with Crippen molar-refractivity contribution in [1.82, 2.24) is 4.90 Å². The first-order valence-corrected chi connectivity index (χ1v) is 6.86. The molecule has 1 saturated heterocycles. The molecule has 3 nitrogen and oxygen atoms in total. The van der Waals surface area contributed by atoms with Gasteiger partial charge >= 0.3 is 0 Å². The molecule has 1 aromatic rings. The number of rotatable bonds is 4. The molecule has 1 fully saturated rings. The minimum atomic E-state index is -0.265. The molecule has 1 N–H and O–H groups in total. The summed E-state index contributed by atoms with van der Waals surface area (Å²) in [6.07, 6.45) is 3.91. The summed E-state index contributed by atoms with van der Waals surface area (Å²) in [5.74, 6) is 0. The third kappa shape index (κ3) is 3.24. The van der Waals surface area contributed by atoms with Crippen molar-refractivity contribution in [3.05, 3.63) is 30.3 Å². The second kappa shape index (κ2) is 5.72. The fourth-order valence-corrected chi connectivity index (χ4v) is 2.65. The molecule has 0 aromatic heterocycles. The van der Waals surface area contributed by atoms with Crippen molar-refractivity contribution in [3.8, 4) is 0 Å². The van der Waals surface area contributed by atoms with E-state index in [0.29, 0.717) is 0 Å². The quantitative estimate of drug-likeness (QED) is 0.829. The number of piperidine rings is 1. The largest absolute Gasteiger partial charge is 0.301 e. The first kappa shape index (κ1) is 13.4. The van der Waals surface area contributed by atoms with Crippen molar-refractivity contribution in [3.63, 3.8) is 0 Å². The monoisotopic (exact) mass is 248 g/mol. The Bertz CT molecular complexity index is 358. The average molecular weight is 248 g/mol. The van der Waals surface area contributed by atoms with Crippen molar-refractivity contribution < 1.29 is 5.21 Å². The molecule has 0 spiro atoms. The maximum atomic E-state index is 10.4. The van der Waals surface area contributed by atoms with Gasteiger partial charge in [-0.1, -0.05) is 24.6 Å². The zero-order chi connectivity index (χ0) is 13.0. The highest BCUT2D eigenvalue weighted by Crippen LogP contribution is 2.23. The predicted molar refractivity (Wildman–Crippen MR) is 75.1 cm³/mol. The van der Waals surface area contributed by atoms with Gasteiger partial charge in [-0.25, -0.2) is 0 Å². The van der Waals surface area contributed by atoms with Crippen LogP contribution in [0.3, 0.4) is 0 Å². The van der Waals surface area contributed by atoms with Crippen LogP contribution in [0, 0.1) is 0 Å². The Labute approximate surface area is 110 Å². The van der Waals surface area contributed by atoms with Crippen molar-refractivity contribution in [2.75, 3.05) is 24.7 Å². The van der Waals surface area contributed by atoms with Crippen LogP contribution in [0.1, 0.15) is 33.1 Å². The van der Waals surface area contributed by atoms with Crippen molar-refractivity contribution in [1.29, 1.82) is 0 Å². The molecule has 100 valence electrons. The van der Waals surface area contributed by atoms with Gasteiger partial charge in [-0.2, -0.15) is 0 Å². The Balaban J connectivity index is 2.00. The van der Waals surface area contributed by atoms with E-state index in [9.17, 15) is 5.21 Å². The molecule has 0 unspecified atom stereocenters. The number of anilines is 1. The van der Waals surface area contributed by atoms with Crippen molar-refractivity contribution >= 4 is 5.69 Å². The van der Waals surface area contributed by atoms with E-state index >= 15 is 0 Å². The van der Waals surface area contributed by atoms with Crippen LogP contribution in [-0.4, -0.2) is 35.3 Å². The van der Waals surface area contributed by atoms with Crippen molar-refractivity contribution in [2.24, 2.45) is 0 Å². The summed E-state index contributed by atoms with van der Waals surface area (Å²) < 4.78 is 0. The second-order valence-electron chi connectivity index (χ2n) is 5.80. The molecule has 18 heavy (non-hydrogen) atoms. The lowest BCUT2D eigenvalue weighted by Gasteiger charge is -2.40. The number of benzene rings is 1. The van der Waals surface area contributed by atoms with E-state index < -0.39 is 0 Å². The lowest BCUT2D eigenvalue weighted by atomic mass is 10.0. The first-order valence-electron chi connectivity index (χ1n) is 6.86. The Hall–Kier alpha value is -1.06. The molecular weight excluding hydrogens is 224 g/mol. The number of para-hydroxylation sites is 1. The van der Waals surface area contributed by atoms with Crippen LogP contribution < -0.4 is 5.06 Å². The summed E-state index contributed by atoms with van der Waals surface area (Å²) in [5.41, 5.74) is 0.595. The van der Waals surface area contributed by atoms with E-state index in [4.69, 9.17) is 0 Å². The third-order valence-corrected chi connectivity index (χ3v) is 3.63. The highest BCUT2D eigenvalue weighted by molar-refractivity contribution is 5.45. The van der Waals surface area contributed by atoms with Crippen LogP contribution in [0.5, 0.6) is 0 Å². The van der Waals surface area contributed by atoms with Gasteiger partial charge in [0.15, 0.2) is 0 Å². The molecular formula is C15H24N2O. The standard InChI is InChI=1S/C15H24N2O/c1-15(2,13-16-11-7-4-8-12-16)17(18)14-9-5-3-6-10-14/h3,5-6,9-10,18H,4,7-8,11-13H2,1-2H3. The lowest BCUT2D eigenvalue weighted by molar-refractivity contribution is 0.114. The predicted octanol–water partition coefficient (Wildman–Crippen LogP) is 3.15. The number of hydrogen-bond donors (Lipinski definition) is 1. The molecule has 3 heteroatoms. The molecule has 0 atom stereocenters. The van der Waals surface area contributed by atoms with E-state index in [0.717, 1.165) is 25.3 Å². The number of likely N-dealkylation sites (tertiary alicyclic amines) is 1. The first-order chi connectivity index (χ1) is 8.59. The molecule has 0 saturated carbocycles. The SMILES string of the molecule is CC(C)(CN1CCCCC1)N(O)c1ccccc1. The Morgan fingerprint density at radius 3 is 2.33 bits per heavy atom. The van der Waals surface area contributed by atoms with Crippen LogP contribution in [0.25, 0.3) is 0 Å². The lowest BCUT2D eigenvalue weighted by Crippen LogP contribution is -2.51. The van der Waals surface area contributed by atoms with E-state index in [-0.39, 0.29) is 5.54 Å². The molecule has 0 aliphatic carbocycles. The van der Waals surface area contributed by atoms with Crippen molar-refractivity contribution in [2.45, 2.75) is 38.6 Å². The van der Waals surface area contributed by atoms with Crippen LogP contribution in [0.4, 0.5) is 5.69 Å². The van der Waals surface area contributed by atoms with Crippen LogP contribution in [-0.2, 0) is 0 Å². The normalized spacial score (nSPS) is 17.7. The van der Waals surface area contributed by atoms with Crippen LogP contribution in [0.2, 0.25) is 0 Å². The van der Waals surface area contributed by atoms with Gasteiger partial charge < -0.3 is 4.90 Å². The van der Waals surface area contributed by atoms with Gasteiger partial charge in [0.2, 0.25) is 0 Å². The molecule has 1 aliphatic heterocycles. The molecule has 1 aliphatic rings. The van der Waals surface area contributed by atoms with E-state index in [1.807, 2.05) is 30.3 Å². The molecule has 0 amide bonds. The average Bonchev–Trinajstić information content (AvgIpc) is 2.39. The van der Waals surface area contributed by atoms with Gasteiger partial charge in [-0.05, 0) is 51.9 Å². The summed E-state index contributed by atoms with van der Waals surface area (Å²) in [4.78, 5) is 2.45. The highest BCUT2D eigenvalue weighted by Gasteiger charge is 2.29. The topological polar surface area (TPSA) is 26.7 Å². The second-order valence-corrected chi connectivity index (χ2v) is 5.80. The Kier molecular flexibility index (Phi) is 4.25. The zero-order valence-electron chi connectivity index (χ0n) is 11.5. The maximum absolute atomic E-state index is 10.4. The van der Waals surface area contributed by atoms with Gasteiger partial charge in [0.1, 0.15) is 0 Å². The van der Waals surface area contributed by atoms with Gasteiger partial charge in [0, 0.05) is 6.54 Å². The van der Waals surface area contributed by atoms with Gasteiger partial charge in [-0.3, -0.25) is 10.3 Å². The third-order valence-electron chi connectivity index (χ3n) is 3.63. The van der Waals surface area contributed by atoms with E-state index in [1.165, 1.54) is 24.3 Å². The molecule has 2 rings (SSSR count). The zero-order valence-corrected chi connectivity index (χ0v) is 11.5. The summed E-state index contributed by atoms with van der Waals surface area (Å²) in [6.45, 7) is 7.40. The smallest absolute Gasteiger partial charge is 0.0741 e. The van der Waals surface area contributed by atoms with E-state index in [1.54, 1.807) is 0 Å². The minimum Gasteiger partial charge on any atom is -0.301 e. The number of nitrogens with zero attached hydrogens (tertiary/aromatic N) is 2. The minimum absolute atomic E-state index is 0.265. The number of hydroxylamine groups is 1. The van der Waals surface area contributed by atoms with Gasteiger partial charge in [0.05, 0.1) is 11.2 Å². The van der Waals surface area contributed by atoms with Gasteiger partial charge in [-0.15, -0.1) is 0 Å². The maximum Gasteiger partial charge on any atom is 0.0741 e. The van der Waals surface area contributed by atoms with Crippen LogP contribution in [0.15, 0.2) is 30.3 Å². The molecule has 0 radical (unpaired) electrons. The summed E-state index contributed by atoms with van der Waals surface area (Å²) in [7, 11) is 0. The highest BCUT2D eigenvalue weighted by atomic mass is 16.5. The fraction of sp³-hybridized carbons (Fsp3) is 0.600. The Morgan fingerprint density at radius 1 is 1.11 bits per heavy atom. The number of hydrogen-bond acceptors (Lipinski definition) is 3. The fourth-order valence-electron chi connectivity index (χ4n) is 2.65.